The van der Waals surface area contributed by atoms with Crippen LogP contribution in [0.1, 0.15) is 10.4 Å². The standard InChI is InChI=1S/C17H13Cl2N5O2/c1-26-16(25)10-5-6-13(19)14(7-10)22-17-23-15(9-20-24-17)21-12-4-2-3-11(18)8-12/h2-9H,1H3,(H2,21,22,23,24). The number of aromatic nitrogens is 3. The number of benzene rings is 2. The van der Waals surface area contributed by atoms with Crippen LogP contribution in [0.25, 0.3) is 0 Å². The van der Waals surface area contributed by atoms with Crippen LogP contribution in [-0.2, 0) is 4.74 Å². The van der Waals surface area contributed by atoms with Gasteiger partial charge in [0.1, 0.15) is 0 Å². The van der Waals surface area contributed by atoms with Crippen LogP contribution in [0.5, 0.6) is 0 Å². The normalized spacial score (nSPS) is 10.3. The number of carbonyl (C=O) groups is 1. The van der Waals surface area contributed by atoms with Crippen molar-refractivity contribution in [2.24, 2.45) is 0 Å². The summed E-state index contributed by atoms with van der Waals surface area (Å²) < 4.78 is 4.70. The van der Waals surface area contributed by atoms with E-state index in [1.807, 2.05) is 12.1 Å². The molecular weight excluding hydrogens is 377 g/mol. The molecule has 1 aromatic heterocycles. The highest BCUT2D eigenvalue weighted by Gasteiger charge is 2.11. The average molecular weight is 390 g/mol. The number of hydrogen-bond acceptors (Lipinski definition) is 7. The SMILES string of the molecule is COC(=O)c1ccc(Cl)c(Nc2nncc(Nc3cccc(Cl)c3)n2)c1. The van der Waals surface area contributed by atoms with Gasteiger partial charge in [-0.1, -0.05) is 29.3 Å². The fourth-order valence-corrected chi connectivity index (χ4v) is 2.47. The van der Waals surface area contributed by atoms with E-state index in [0.29, 0.717) is 27.1 Å². The van der Waals surface area contributed by atoms with Gasteiger partial charge in [-0.3, -0.25) is 0 Å². The van der Waals surface area contributed by atoms with Crippen LogP contribution in [0.2, 0.25) is 10.0 Å². The Hall–Kier alpha value is -2.90. The molecule has 0 aliphatic heterocycles. The Morgan fingerprint density at radius 3 is 2.73 bits per heavy atom. The third-order valence-corrected chi connectivity index (χ3v) is 3.85. The van der Waals surface area contributed by atoms with Crippen LogP contribution in [0.4, 0.5) is 23.1 Å². The number of anilines is 4. The number of nitrogens with zero attached hydrogens (tertiary/aromatic N) is 3. The number of ether oxygens (including phenoxy) is 1. The van der Waals surface area contributed by atoms with Crippen molar-refractivity contribution >= 4 is 52.3 Å². The Kier molecular flexibility index (Phi) is 5.50. The van der Waals surface area contributed by atoms with Gasteiger partial charge >= 0.3 is 5.97 Å². The predicted molar refractivity (Wildman–Crippen MR) is 101 cm³/mol. The minimum absolute atomic E-state index is 0.209. The first-order chi connectivity index (χ1) is 12.5. The lowest BCUT2D eigenvalue weighted by atomic mass is 10.2. The molecular formula is C17H13Cl2N5O2. The van der Waals surface area contributed by atoms with E-state index in [-0.39, 0.29) is 5.95 Å². The molecule has 0 bridgehead atoms. The molecule has 0 aliphatic carbocycles. The average Bonchev–Trinajstić information content (AvgIpc) is 2.63. The fourth-order valence-electron chi connectivity index (χ4n) is 2.12. The largest absolute Gasteiger partial charge is 0.465 e. The van der Waals surface area contributed by atoms with E-state index in [4.69, 9.17) is 27.9 Å². The Morgan fingerprint density at radius 2 is 1.96 bits per heavy atom. The zero-order valence-corrected chi connectivity index (χ0v) is 15.0. The molecule has 0 radical (unpaired) electrons. The molecule has 132 valence electrons. The number of nitrogens with one attached hydrogen (secondary N) is 2. The number of hydrogen-bond donors (Lipinski definition) is 2. The summed E-state index contributed by atoms with van der Waals surface area (Å²) in [5.74, 6) is 0.200. The van der Waals surface area contributed by atoms with Gasteiger partial charge in [0.15, 0.2) is 5.82 Å². The van der Waals surface area contributed by atoms with Gasteiger partial charge in [0.05, 0.1) is 29.6 Å². The number of esters is 1. The first kappa shape index (κ1) is 17.9. The lowest BCUT2D eigenvalue weighted by Gasteiger charge is -2.10. The number of rotatable bonds is 5. The smallest absolute Gasteiger partial charge is 0.337 e. The van der Waals surface area contributed by atoms with Gasteiger partial charge in [0, 0.05) is 10.7 Å². The van der Waals surface area contributed by atoms with Gasteiger partial charge in [-0.25, -0.2) is 4.79 Å². The molecule has 9 heteroatoms. The van der Waals surface area contributed by atoms with E-state index < -0.39 is 5.97 Å². The van der Waals surface area contributed by atoms with E-state index in [9.17, 15) is 4.79 Å². The molecule has 2 N–H and O–H groups in total. The Morgan fingerprint density at radius 1 is 1.12 bits per heavy atom. The molecule has 3 aromatic rings. The van der Waals surface area contributed by atoms with Crippen molar-refractivity contribution in [2.45, 2.75) is 0 Å². The maximum atomic E-state index is 11.7. The van der Waals surface area contributed by atoms with Crippen molar-refractivity contribution < 1.29 is 9.53 Å². The minimum atomic E-state index is -0.472. The highest BCUT2D eigenvalue weighted by molar-refractivity contribution is 6.33. The molecule has 26 heavy (non-hydrogen) atoms. The molecule has 0 fully saturated rings. The molecule has 0 saturated heterocycles. The Bertz CT molecular complexity index is 952. The predicted octanol–water partition coefficient (Wildman–Crippen LogP) is 4.45. The zero-order chi connectivity index (χ0) is 18.5. The van der Waals surface area contributed by atoms with Gasteiger partial charge in [-0.2, -0.15) is 10.1 Å². The van der Waals surface area contributed by atoms with E-state index in [1.54, 1.807) is 30.3 Å². The summed E-state index contributed by atoms with van der Waals surface area (Å²) in [5, 5.41) is 14.8. The van der Waals surface area contributed by atoms with E-state index in [2.05, 4.69) is 25.8 Å². The number of halogens is 2. The third-order valence-electron chi connectivity index (χ3n) is 3.29. The summed E-state index contributed by atoms with van der Waals surface area (Å²) in [6.45, 7) is 0. The maximum Gasteiger partial charge on any atom is 0.337 e. The maximum absolute atomic E-state index is 11.7. The van der Waals surface area contributed by atoms with Gasteiger partial charge in [0.2, 0.25) is 5.95 Å². The third kappa shape index (κ3) is 4.38. The van der Waals surface area contributed by atoms with E-state index in [1.165, 1.54) is 13.3 Å². The molecule has 0 saturated carbocycles. The van der Waals surface area contributed by atoms with E-state index in [0.717, 1.165) is 5.69 Å². The van der Waals surface area contributed by atoms with Crippen LogP contribution in [0, 0.1) is 0 Å². The summed E-state index contributed by atoms with van der Waals surface area (Å²) in [7, 11) is 1.31. The first-order valence-corrected chi connectivity index (χ1v) is 8.18. The second-order valence-electron chi connectivity index (χ2n) is 5.11. The highest BCUT2D eigenvalue weighted by atomic mass is 35.5. The fraction of sp³-hybridized carbons (Fsp3) is 0.0588. The summed E-state index contributed by atoms with van der Waals surface area (Å²) in [6, 6.07) is 11.9. The van der Waals surface area contributed by atoms with Crippen LogP contribution >= 0.6 is 23.2 Å². The van der Waals surface area contributed by atoms with Crippen LogP contribution < -0.4 is 10.6 Å². The van der Waals surface area contributed by atoms with Crippen molar-refractivity contribution in [3.8, 4) is 0 Å². The van der Waals surface area contributed by atoms with E-state index >= 15 is 0 Å². The van der Waals surface area contributed by atoms with Crippen molar-refractivity contribution in [1.29, 1.82) is 0 Å². The quantitative estimate of drug-likeness (QED) is 0.622. The molecule has 1 heterocycles. The van der Waals surface area contributed by atoms with Crippen molar-refractivity contribution in [3.05, 3.63) is 64.3 Å². The summed E-state index contributed by atoms with van der Waals surface area (Å²) in [4.78, 5) is 16.0. The van der Waals surface area contributed by atoms with Crippen LogP contribution in [0.15, 0.2) is 48.7 Å². The van der Waals surface area contributed by atoms with Crippen molar-refractivity contribution in [1.82, 2.24) is 15.2 Å². The number of methoxy groups -OCH3 is 1. The molecule has 0 atom stereocenters. The Labute approximate surface area is 159 Å². The van der Waals surface area contributed by atoms with Gasteiger partial charge < -0.3 is 15.4 Å². The lowest BCUT2D eigenvalue weighted by molar-refractivity contribution is 0.0601. The number of carbonyl (C=O) groups excluding carboxylic acids is 1. The minimum Gasteiger partial charge on any atom is -0.465 e. The second kappa shape index (κ2) is 7.99. The monoisotopic (exact) mass is 389 g/mol. The van der Waals surface area contributed by atoms with Gasteiger partial charge in [-0.15, -0.1) is 5.10 Å². The first-order valence-electron chi connectivity index (χ1n) is 7.42. The molecule has 7 nitrogen and oxygen atoms in total. The molecule has 3 rings (SSSR count). The van der Waals surface area contributed by atoms with Crippen molar-refractivity contribution in [2.75, 3.05) is 17.7 Å². The molecule has 0 spiro atoms. The Balaban J connectivity index is 1.82. The van der Waals surface area contributed by atoms with Gasteiger partial charge in [-0.05, 0) is 36.4 Å². The van der Waals surface area contributed by atoms with Gasteiger partial charge in [0.25, 0.3) is 0 Å². The van der Waals surface area contributed by atoms with Crippen LogP contribution in [-0.4, -0.2) is 28.3 Å². The lowest BCUT2D eigenvalue weighted by Crippen LogP contribution is -2.05. The van der Waals surface area contributed by atoms with Crippen molar-refractivity contribution in [3.63, 3.8) is 0 Å². The molecule has 0 amide bonds. The molecule has 0 aliphatic rings. The summed E-state index contributed by atoms with van der Waals surface area (Å²) >= 11 is 12.1. The summed E-state index contributed by atoms with van der Waals surface area (Å²) in [5.41, 5.74) is 1.56. The highest BCUT2D eigenvalue weighted by Crippen LogP contribution is 2.26. The zero-order valence-electron chi connectivity index (χ0n) is 13.5. The van der Waals surface area contributed by atoms with Crippen LogP contribution in [0.3, 0.4) is 0 Å². The molecule has 2 aromatic carbocycles. The second-order valence-corrected chi connectivity index (χ2v) is 5.96. The summed E-state index contributed by atoms with van der Waals surface area (Å²) in [6.07, 6.45) is 1.47. The topological polar surface area (TPSA) is 89.0 Å². The molecule has 0 unspecified atom stereocenters.